The van der Waals surface area contributed by atoms with Crippen LogP contribution in [-0.2, 0) is 35.4 Å². The lowest BCUT2D eigenvalue weighted by Crippen LogP contribution is -2.10. The number of para-hydroxylation sites is 2. The van der Waals surface area contributed by atoms with Gasteiger partial charge in [0, 0.05) is 45.7 Å². The minimum absolute atomic E-state index is 0.363. The third-order valence-corrected chi connectivity index (χ3v) is 11.9. The highest BCUT2D eigenvalue weighted by Gasteiger charge is 2.20. The molecule has 4 heterocycles. The summed E-state index contributed by atoms with van der Waals surface area (Å²) in [6, 6.07) is 41.8. The van der Waals surface area contributed by atoms with Gasteiger partial charge in [0.25, 0.3) is 0 Å². The second-order valence-corrected chi connectivity index (χ2v) is 16.2. The maximum absolute atomic E-state index is 13.2. The first-order valence-corrected chi connectivity index (χ1v) is 22.2. The maximum Gasteiger partial charge on any atom is 0.356 e. The molecule has 8 rings (SSSR count). The van der Waals surface area contributed by atoms with Gasteiger partial charge in [-0.1, -0.05) is 129 Å². The molecule has 8 aromatic rings. The van der Waals surface area contributed by atoms with E-state index >= 15 is 0 Å². The molecule has 0 radical (unpaired) electrons. The van der Waals surface area contributed by atoms with E-state index in [0.717, 1.165) is 139 Å². The Morgan fingerprint density at radius 1 is 0.459 bits per heavy atom. The molecule has 61 heavy (non-hydrogen) atoms. The van der Waals surface area contributed by atoms with Crippen molar-refractivity contribution >= 4 is 55.6 Å². The molecule has 0 atom stereocenters. The zero-order valence-electron chi connectivity index (χ0n) is 35.6. The molecule has 312 valence electrons. The van der Waals surface area contributed by atoms with Crippen LogP contribution in [0.5, 0.6) is 0 Å². The van der Waals surface area contributed by atoms with Gasteiger partial charge in [-0.15, -0.1) is 0 Å². The van der Waals surface area contributed by atoms with Crippen LogP contribution in [0.15, 0.2) is 121 Å². The van der Waals surface area contributed by atoms with Gasteiger partial charge in [-0.2, -0.15) is 0 Å². The van der Waals surface area contributed by atoms with Gasteiger partial charge < -0.3 is 18.6 Å². The van der Waals surface area contributed by atoms with Crippen LogP contribution in [0.2, 0.25) is 0 Å². The summed E-state index contributed by atoms with van der Waals surface area (Å²) in [4.78, 5) is 35.8. The van der Waals surface area contributed by atoms with Crippen LogP contribution in [0, 0.1) is 13.8 Å². The average molecular weight is 813 g/mol. The highest BCUT2D eigenvalue weighted by Crippen LogP contribution is 2.33. The predicted octanol–water partition coefficient (Wildman–Crippen LogP) is 12.3. The molecular formula is C53H56N4O4. The van der Waals surface area contributed by atoms with Crippen LogP contribution in [0.4, 0.5) is 0 Å². The number of hydrogen-bond acceptors (Lipinski definition) is 6. The van der Waals surface area contributed by atoms with E-state index < -0.39 is 0 Å². The number of rotatable bonds is 20. The summed E-state index contributed by atoms with van der Waals surface area (Å²) in [5.41, 5.74) is 9.57. The maximum atomic E-state index is 13.2. The second kappa shape index (κ2) is 19.9. The lowest BCUT2D eigenvalue weighted by Gasteiger charge is -2.10. The van der Waals surface area contributed by atoms with Crippen molar-refractivity contribution in [1.29, 1.82) is 0 Å². The fourth-order valence-electron chi connectivity index (χ4n) is 8.95. The van der Waals surface area contributed by atoms with Crippen molar-refractivity contribution in [3.05, 3.63) is 155 Å². The summed E-state index contributed by atoms with van der Waals surface area (Å²) in [6.45, 7) is 6.48. The first-order chi connectivity index (χ1) is 30.0. The Balaban J connectivity index is 0.751. The van der Waals surface area contributed by atoms with E-state index in [2.05, 4.69) is 106 Å². The minimum Gasteiger partial charge on any atom is -0.461 e. The van der Waals surface area contributed by atoms with Crippen molar-refractivity contribution in [2.45, 2.75) is 97.6 Å². The number of benzene rings is 4. The Kier molecular flexibility index (Phi) is 13.5. The standard InChI is InChI=1S/C53H56N4O4/c1-38-50-44(42-28-14-16-30-48(42)56(50)32-20-26-40-22-10-8-11-23-40)36-46(54-38)52(58)60-34-18-6-4-3-5-7-19-35-61-53(59)47-37-45-43-29-15-17-31-49(43)57(51(45)39(2)55-47)33-21-27-41-24-12-9-13-25-41/h8-17,22-25,28-31,36-37H,3-7,18-21,26-27,32-35H2,1-2H3. The molecule has 0 aliphatic heterocycles. The summed E-state index contributed by atoms with van der Waals surface area (Å²) in [5, 5.41) is 4.35. The van der Waals surface area contributed by atoms with Crippen LogP contribution < -0.4 is 0 Å². The summed E-state index contributed by atoms with van der Waals surface area (Å²) < 4.78 is 16.1. The molecule has 8 heteroatoms. The number of fused-ring (bicyclic) bond motifs is 6. The molecule has 4 aromatic carbocycles. The molecule has 0 aliphatic rings. The number of ether oxygens (including phenoxy) is 2. The Morgan fingerprint density at radius 2 is 0.836 bits per heavy atom. The number of hydrogen-bond donors (Lipinski definition) is 0. The lowest BCUT2D eigenvalue weighted by molar-refractivity contribution is 0.0483. The normalized spacial score (nSPS) is 11.6. The molecule has 0 unspecified atom stereocenters. The zero-order chi connectivity index (χ0) is 42.0. The fourth-order valence-corrected chi connectivity index (χ4v) is 8.95. The molecule has 0 N–H and O–H groups in total. The fraction of sp³-hybridized carbons (Fsp3) is 0.321. The van der Waals surface area contributed by atoms with Crippen molar-refractivity contribution in [3.8, 4) is 0 Å². The molecule has 0 aliphatic carbocycles. The van der Waals surface area contributed by atoms with E-state index in [9.17, 15) is 9.59 Å². The van der Waals surface area contributed by atoms with Gasteiger partial charge >= 0.3 is 11.9 Å². The SMILES string of the molecule is Cc1nc(C(=O)OCCCCCCCCCOC(=O)c2cc3c4ccccc4n(CCCc4ccccc4)c3c(C)n2)cc2c3ccccc3n(CCCc3ccccc3)c12. The summed E-state index contributed by atoms with van der Waals surface area (Å²) in [6.07, 6.45) is 10.8. The molecule has 0 spiro atoms. The van der Waals surface area contributed by atoms with E-state index in [4.69, 9.17) is 19.4 Å². The number of unbranched alkanes of at least 4 members (excludes halogenated alkanes) is 6. The van der Waals surface area contributed by atoms with Gasteiger partial charge in [0.1, 0.15) is 11.4 Å². The Morgan fingerprint density at radius 3 is 1.26 bits per heavy atom. The largest absolute Gasteiger partial charge is 0.461 e. The molecular weight excluding hydrogens is 757 g/mol. The highest BCUT2D eigenvalue weighted by molar-refractivity contribution is 6.11. The molecule has 0 bridgehead atoms. The van der Waals surface area contributed by atoms with Gasteiger partial charge in [-0.05, 0) is 87.8 Å². The summed E-state index contributed by atoms with van der Waals surface area (Å²) in [5.74, 6) is -0.737. The first-order valence-electron chi connectivity index (χ1n) is 22.2. The number of carbonyl (C=O) groups is 2. The average Bonchev–Trinajstić information content (AvgIpc) is 3.79. The third kappa shape index (κ3) is 9.70. The van der Waals surface area contributed by atoms with Gasteiger partial charge in [0.05, 0.1) is 35.6 Å². The van der Waals surface area contributed by atoms with E-state index in [1.54, 1.807) is 0 Å². The number of aryl methyl sites for hydroxylation is 6. The Labute approximate surface area is 358 Å². The number of esters is 2. The molecule has 0 saturated carbocycles. The van der Waals surface area contributed by atoms with Crippen molar-refractivity contribution in [2.24, 2.45) is 0 Å². The van der Waals surface area contributed by atoms with E-state index in [0.29, 0.717) is 24.6 Å². The molecule has 0 fully saturated rings. The first kappa shape index (κ1) is 41.5. The van der Waals surface area contributed by atoms with Crippen molar-refractivity contribution < 1.29 is 19.1 Å². The Hall–Kier alpha value is -6.28. The molecule has 4 aromatic heterocycles. The van der Waals surface area contributed by atoms with Crippen molar-refractivity contribution in [3.63, 3.8) is 0 Å². The van der Waals surface area contributed by atoms with Gasteiger partial charge in [-0.3, -0.25) is 0 Å². The third-order valence-electron chi connectivity index (χ3n) is 11.9. The summed E-state index contributed by atoms with van der Waals surface area (Å²) in [7, 11) is 0. The quantitative estimate of drug-likeness (QED) is 0.0562. The van der Waals surface area contributed by atoms with E-state index in [1.165, 1.54) is 11.1 Å². The van der Waals surface area contributed by atoms with E-state index in [-0.39, 0.29) is 11.9 Å². The topological polar surface area (TPSA) is 88.2 Å². The van der Waals surface area contributed by atoms with Crippen LogP contribution in [-0.4, -0.2) is 44.3 Å². The van der Waals surface area contributed by atoms with Crippen LogP contribution in [0.25, 0.3) is 43.6 Å². The number of aromatic nitrogens is 4. The van der Waals surface area contributed by atoms with Crippen molar-refractivity contribution in [1.82, 2.24) is 19.1 Å². The smallest absolute Gasteiger partial charge is 0.356 e. The van der Waals surface area contributed by atoms with Gasteiger partial charge in [0.15, 0.2) is 0 Å². The van der Waals surface area contributed by atoms with Gasteiger partial charge in [-0.25, -0.2) is 19.6 Å². The van der Waals surface area contributed by atoms with E-state index in [1.807, 2.05) is 38.1 Å². The zero-order valence-corrected chi connectivity index (χ0v) is 35.6. The monoisotopic (exact) mass is 812 g/mol. The lowest BCUT2D eigenvalue weighted by atomic mass is 10.1. The predicted molar refractivity (Wildman–Crippen MR) is 246 cm³/mol. The number of nitrogens with zero attached hydrogens (tertiary/aromatic N) is 4. The highest BCUT2D eigenvalue weighted by atomic mass is 16.5. The molecule has 8 nitrogen and oxygen atoms in total. The Bertz CT molecular complexity index is 2560. The van der Waals surface area contributed by atoms with Gasteiger partial charge in [0.2, 0.25) is 0 Å². The van der Waals surface area contributed by atoms with Crippen LogP contribution in [0.3, 0.4) is 0 Å². The van der Waals surface area contributed by atoms with Crippen LogP contribution >= 0.6 is 0 Å². The molecule has 0 saturated heterocycles. The number of pyridine rings is 2. The summed E-state index contributed by atoms with van der Waals surface area (Å²) >= 11 is 0. The van der Waals surface area contributed by atoms with Crippen LogP contribution in [0.1, 0.15) is 101 Å². The molecule has 0 amide bonds. The van der Waals surface area contributed by atoms with Crippen molar-refractivity contribution in [2.75, 3.05) is 13.2 Å². The minimum atomic E-state index is -0.368. The number of carbonyl (C=O) groups excluding carboxylic acids is 2. The second-order valence-electron chi connectivity index (χ2n) is 16.2.